The zero-order valence-electron chi connectivity index (χ0n) is 15.9. The Morgan fingerprint density at radius 3 is 2.78 bits per heavy atom. The molecule has 1 aromatic heterocycles. The smallest absolute Gasteiger partial charge is 0.145 e. The molecule has 0 saturated carbocycles. The lowest BCUT2D eigenvalue weighted by Crippen LogP contribution is -2.33. The molecule has 140 valence electrons. The van der Waals surface area contributed by atoms with Crippen molar-refractivity contribution in [1.29, 1.82) is 5.26 Å². The van der Waals surface area contributed by atoms with Gasteiger partial charge in [-0.05, 0) is 32.3 Å². The van der Waals surface area contributed by atoms with Crippen molar-refractivity contribution in [1.82, 2.24) is 4.98 Å². The van der Waals surface area contributed by atoms with Crippen LogP contribution >= 0.6 is 0 Å². The summed E-state index contributed by atoms with van der Waals surface area (Å²) in [5.41, 5.74) is 4.37. The lowest BCUT2D eigenvalue weighted by atomic mass is 9.87. The van der Waals surface area contributed by atoms with Gasteiger partial charge < -0.3 is 14.8 Å². The lowest BCUT2D eigenvalue weighted by molar-refractivity contribution is -0.0400. The summed E-state index contributed by atoms with van der Waals surface area (Å²) in [6, 6.07) is 12.5. The van der Waals surface area contributed by atoms with Crippen LogP contribution < -0.4 is 5.32 Å². The Morgan fingerprint density at radius 1 is 1.26 bits per heavy atom. The van der Waals surface area contributed by atoms with Crippen molar-refractivity contribution in [3.63, 3.8) is 0 Å². The summed E-state index contributed by atoms with van der Waals surface area (Å²) in [6.45, 7) is 6.10. The fourth-order valence-corrected chi connectivity index (χ4v) is 3.87. The summed E-state index contributed by atoms with van der Waals surface area (Å²) in [5.74, 6) is 0.656. The molecule has 2 aliphatic heterocycles. The van der Waals surface area contributed by atoms with E-state index in [0.717, 1.165) is 41.8 Å². The predicted molar refractivity (Wildman–Crippen MR) is 104 cm³/mol. The molecular formula is C22H25N3O2. The van der Waals surface area contributed by atoms with E-state index in [4.69, 9.17) is 14.5 Å². The second-order valence-electron chi connectivity index (χ2n) is 7.86. The van der Waals surface area contributed by atoms with Crippen molar-refractivity contribution in [2.24, 2.45) is 0 Å². The third-order valence-corrected chi connectivity index (χ3v) is 5.30. The van der Waals surface area contributed by atoms with Crippen LogP contribution in [-0.2, 0) is 22.5 Å². The van der Waals surface area contributed by atoms with Crippen molar-refractivity contribution in [3.8, 4) is 17.3 Å². The van der Waals surface area contributed by atoms with E-state index in [-0.39, 0.29) is 11.7 Å². The first-order valence-corrected chi connectivity index (χ1v) is 9.58. The third kappa shape index (κ3) is 3.69. The molecule has 1 N–H and O–H groups in total. The molecule has 5 nitrogen and oxygen atoms in total. The van der Waals surface area contributed by atoms with Gasteiger partial charge in [0.25, 0.3) is 0 Å². The molecule has 0 bridgehead atoms. The average Bonchev–Trinajstić information content (AvgIpc) is 3.19. The summed E-state index contributed by atoms with van der Waals surface area (Å²) < 4.78 is 11.8. The number of nitrogens with one attached hydrogen (secondary N) is 1. The van der Waals surface area contributed by atoms with Gasteiger partial charge in [-0.1, -0.05) is 30.3 Å². The molecule has 0 aliphatic carbocycles. The topological polar surface area (TPSA) is 67.2 Å². The highest BCUT2D eigenvalue weighted by atomic mass is 16.5. The summed E-state index contributed by atoms with van der Waals surface area (Å²) in [6.07, 6.45) is 3.03. The van der Waals surface area contributed by atoms with Gasteiger partial charge in [0.05, 0.1) is 29.6 Å². The number of benzene rings is 1. The van der Waals surface area contributed by atoms with E-state index in [9.17, 15) is 5.26 Å². The minimum absolute atomic E-state index is 0.189. The quantitative estimate of drug-likeness (QED) is 0.887. The van der Waals surface area contributed by atoms with Gasteiger partial charge in [-0.15, -0.1) is 0 Å². The molecule has 1 fully saturated rings. The largest absolute Gasteiger partial charge is 0.376 e. The minimum atomic E-state index is -0.292. The highest BCUT2D eigenvalue weighted by Crippen LogP contribution is 2.37. The molecule has 27 heavy (non-hydrogen) atoms. The van der Waals surface area contributed by atoms with E-state index in [1.165, 1.54) is 0 Å². The van der Waals surface area contributed by atoms with Crippen LogP contribution in [0, 0.1) is 11.3 Å². The number of anilines is 1. The monoisotopic (exact) mass is 363 g/mol. The van der Waals surface area contributed by atoms with E-state index in [2.05, 4.69) is 37.4 Å². The molecule has 2 aromatic rings. The first kappa shape index (κ1) is 18.0. The SMILES string of the molecule is CC1(C)Cc2c(C#N)c(NCC3CCCO3)nc(-c3ccccc3)c2CO1. The van der Waals surface area contributed by atoms with E-state index in [1.807, 2.05) is 18.2 Å². The molecule has 2 aliphatic rings. The van der Waals surface area contributed by atoms with Crippen LogP contribution in [0.4, 0.5) is 5.82 Å². The van der Waals surface area contributed by atoms with Crippen LogP contribution in [0.15, 0.2) is 30.3 Å². The van der Waals surface area contributed by atoms with Crippen LogP contribution in [0.25, 0.3) is 11.3 Å². The number of nitriles is 1. The molecule has 1 atom stereocenters. The first-order valence-electron chi connectivity index (χ1n) is 9.58. The average molecular weight is 363 g/mol. The van der Waals surface area contributed by atoms with Crippen molar-refractivity contribution >= 4 is 5.82 Å². The maximum atomic E-state index is 9.90. The number of ether oxygens (including phenoxy) is 2. The third-order valence-electron chi connectivity index (χ3n) is 5.30. The van der Waals surface area contributed by atoms with Gasteiger partial charge in [0, 0.05) is 30.7 Å². The molecular weight excluding hydrogens is 338 g/mol. The second kappa shape index (κ2) is 7.30. The highest BCUT2D eigenvalue weighted by molar-refractivity contribution is 5.72. The standard InChI is InChI=1S/C22H25N3O2/c1-22(2)11-17-18(12-23)21(24-13-16-9-6-10-26-16)25-20(19(17)14-27-22)15-7-4-3-5-8-15/h3-5,7-8,16H,6,9-11,13-14H2,1-2H3,(H,24,25). The number of hydrogen-bond acceptors (Lipinski definition) is 5. The van der Waals surface area contributed by atoms with Crippen LogP contribution in [0.5, 0.6) is 0 Å². The van der Waals surface area contributed by atoms with Gasteiger partial charge in [-0.2, -0.15) is 5.26 Å². The van der Waals surface area contributed by atoms with E-state index >= 15 is 0 Å². The van der Waals surface area contributed by atoms with E-state index < -0.39 is 0 Å². The number of hydrogen-bond donors (Lipinski definition) is 1. The Bertz CT molecular complexity index is 865. The molecule has 3 heterocycles. The number of nitrogens with zero attached hydrogens (tertiary/aromatic N) is 2. The number of fused-ring (bicyclic) bond motifs is 1. The predicted octanol–water partition coefficient (Wildman–Crippen LogP) is 4.06. The molecule has 1 aromatic carbocycles. The molecule has 1 unspecified atom stereocenters. The van der Waals surface area contributed by atoms with Gasteiger partial charge in [0.1, 0.15) is 11.9 Å². The zero-order valence-corrected chi connectivity index (χ0v) is 15.9. The van der Waals surface area contributed by atoms with Gasteiger partial charge in [0.15, 0.2) is 0 Å². The van der Waals surface area contributed by atoms with Gasteiger partial charge in [-0.3, -0.25) is 0 Å². The van der Waals surface area contributed by atoms with Crippen molar-refractivity contribution in [2.75, 3.05) is 18.5 Å². The molecule has 0 spiro atoms. The summed E-state index contributed by atoms with van der Waals surface area (Å²) in [5, 5.41) is 13.3. The summed E-state index contributed by atoms with van der Waals surface area (Å²) >= 11 is 0. The summed E-state index contributed by atoms with van der Waals surface area (Å²) in [7, 11) is 0. The van der Waals surface area contributed by atoms with Gasteiger partial charge >= 0.3 is 0 Å². The maximum Gasteiger partial charge on any atom is 0.145 e. The van der Waals surface area contributed by atoms with Crippen LogP contribution in [0.3, 0.4) is 0 Å². The van der Waals surface area contributed by atoms with Crippen molar-refractivity contribution in [3.05, 3.63) is 47.0 Å². The molecule has 5 heteroatoms. The highest BCUT2D eigenvalue weighted by Gasteiger charge is 2.32. The van der Waals surface area contributed by atoms with Gasteiger partial charge in [-0.25, -0.2) is 4.98 Å². The van der Waals surface area contributed by atoms with Crippen LogP contribution in [-0.4, -0.2) is 29.8 Å². The van der Waals surface area contributed by atoms with E-state index in [1.54, 1.807) is 0 Å². The Kier molecular flexibility index (Phi) is 4.86. The van der Waals surface area contributed by atoms with Crippen LogP contribution in [0.2, 0.25) is 0 Å². The number of pyridine rings is 1. The van der Waals surface area contributed by atoms with Crippen LogP contribution in [0.1, 0.15) is 43.4 Å². The lowest BCUT2D eigenvalue weighted by Gasteiger charge is -2.34. The molecule has 0 radical (unpaired) electrons. The molecule has 4 rings (SSSR count). The zero-order chi connectivity index (χ0) is 18.9. The Balaban J connectivity index is 1.79. The fourth-order valence-electron chi connectivity index (χ4n) is 3.87. The summed E-state index contributed by atoms with van der Waals surface area (Å²) in [4.78, 5) is 4.87. The Hall–Kier alpha value is -2.42. The maximum absolute atomic E-state index is 9.90. The molecule has 0 amide bonds. The minimum Gasteiger partial charge on any atom is -0.376 e. The van der Waals surface area contributed by atoms with Crippen molar-refractivity contribution < 1.29 is 9.47 Å². The Labute approximate surface area is 160 Å². The molecule has 1 saturated heterocycles. The van der Waals surface area contributed by atoms with Crippen molar-refractivity contribution in [2.45, 2.75) is 51.4 Å². The fraction of sp³-hybridized carbons (Fsp3) is 0.455. The normalized spacial score (nSPS) is 20.7. The Morgan fingerprint density at radius 2 is 2.07 bits per heavy atom. The number of aromatic nitrogens is 1. The number of rotatable bonds is 4. The first-order chi connectivity index (χ1) is 13.1. The van der Waals surface area contributed by atoms with E-state index in [0.29, 0.717) is 31.0 Å². The second-order valence-corrected chi connectivity index (χ2v) is 7.86. The van der Waals surface area contributed by atoms with Gasteiger partial charge in [0.2, 0.25) is 0 Å².